The fraction of sp³-hybridized carbons (Fsp3) is 0.562. The zero-order valence-electron chi connectivity index (χ0n) is 12.1. The first-order valence-electron chi connectivity index (χ1n) is 7.18. The van der Waals surface area contributed by atoms with Crippen molar-refractivity contribution in [2.75, 3.05) is 5.32 Å². The summed E-state index contributed by atoms with van der Waals surface area (Å²) in [4.78, 5) is 11.1. The van der Waals surface area contributed by atoms with Crippen LogP contribution in [0, 0.1) is 5.92 Å². The molecule has 2 unspecified atom stereocenters. The maximum Gasteiger partial charge on any atom is 0.221 e. The number of carbonyl (C=O) groups is 1. The number of hydrogen-bond acceptors (Lipinski definition) is 2. The van der Waals surface area contributed by atoms with Gasteiger partial charge in [-0.25, -0.2) is 0 Å². The van der Waals surface area contributed by atoms with E-state index in [4.69, 9.17) is 0 Å². The van der Waals surface area contributed by atoms with Gasteiger partial charge in [-0.05, 0) is 43.9 Å². The minimum absolute atomic E-state index is 0.0279. The molecule has 1 saturated carbocycles. The van der Waals surface area contributed by atoms with Crippen LogP contribution >= 0.6 is 0 Å². The number of anilines is 1. The third-order valence-corrected chi connectivity index (χ3v) is 3.63. The fourth-order valence-corrected chi connectivity index (χ4v) is 2.53. The smallest absolute Gasteiger partial charge is 0.221 e. The number of rotatable bonds is 6. The lowest BCUT2D eigenvalue weighted by Gasteiger charge is -2.21. The van der Waals surface area contributed by atoms with E-state index in [0.29, 0.717) is 12.1 Å². The first-order valence-corrected chi connectivity index (χ1v) is 7.18. The molecule has 1 amide bonds. The van der Waals surface area contributed by atoms with E-state index in [2.05, 4.69) is 30.5 Å². The van der Waals surface area contributed by atoms with Gasteiger partial charge in [-0.2, -0.15) is 0 Å². The lowest BCUT2D eigenvalue weighted by Crippen LogP contribution is -2.29. The van der Waals surface area contributed by atoms with E-state index in [-0.39, 0.29) is 5.91 Å². The van der Waals surface area contributed by atoms with Crippen molar-refractivity contribution >= 4 is 11.6 Å². The summed E-state index contributed by atoms with van der Waals surface area (Å²) in [6, 6.07) is 8.92. The Morgan fingerprint density at radius 2 is 2.11 bits per heavy atom. The summed E-state index contributed by atoms with van der Waals surface area (Å²) >= 11 is 0. The molecule has 0 aromatic heterocycles. The van der Waals surface area contributed by atoms with Gasteiger partial charge in [-0.3, -0.25) is 4.79 Å². The second-order valence-electron chi connectivity index (χ2n) is 5.78. The predicted molar refractivity (Wildman–Crippen MR) is 79.1 cm³/mol. The molecule has 1 aliphatic rings. The van der Waals surface area contributed by atoms with Crippen LogP contribution in [0.3, 0.4) is 0 Å². The Morgan fingerprint density at radius 3 is 2.74 bits per heavy atom. The molecular weight excluding hydrogens is 236 g/mol. The van der Waals surface area contributed by atoms with Gasteiger partial charge < -0.3 is 10.6 Å². The average Bonchev–Trinajstić information content (AvgIpc) is 3.12. The third kappa shape index (κ3) is 4.67. The Balaban J connectivity index is 1.93. The summed E-state index contributed by atoms with van der Waals surface area (Å²) < 4.78 is 0. The van der Waals surface area contributed by atoms with E-state index in [9.17, 15) is 4.79 Å². The molecule has 1 aromatic rings. The number of amides is 1. The first kappa shape index (κ1) is 14.1. The maximum absolute atomic E-state index is 11.1. The van der Waals surface area contributed by atoms with Crippen molar-refractivity contribution in [1.29, 1.82) is 0 Å². The van der Waals surface area contributed by atoms with Crippen molar-refractivity contribution in [2.24, 2.45) is 5.92 Å². The number of benzene rings is 1. The van der Waals surface area contributed by atoms with Gasteiger partial charge in [0.05, 0.1) is 0 Å². The quantitative estimate of drug-likeness (QED) is 0.822. The Labute approximate surface area is 115 Å². The van der Waals surface area contributed by atoms with Crippen LogP contribution in [0.1, 0.15) is 51.6 Å². The van der Waals surface area contributed by atoms with Gasteiger partial charge in [-0.15, -0.1) is 0 Å². The van der Waals surface area contributed by atoms with Gasteiger partial charge in [0.25, 0.3) is 0 Å². The molecule has 0 saturated heterocycles. The Kier molecular flexibility index (Phi) is 4.59. The standard InChI is InChI=1S/C16H24N2O/c1-11(9-14-7-8-14)17-12(2)15-5-4-6-16(10-15)18-13(3)19/h4-6,10-12,14,17H,7-9H2,1-3H3,(H,18,19). The van der Waals surface area contributed by atoms with Gasteiger partial charge in [-0.1, -0.05) is 25.0 Å². The summed E-state index contributed by atoms with van der Waals surface area (Å²) in [5.41, 5.74) is 2.09. The van der Waals surface area contributed by atoms with E-state index < -0.39 is 0 Å². The van der Waals surface area contributed by atoms with Gasteiger partial charge in [0.1, 0.15) is 0 Å². The molecule has 19 heavy (non-hydrogen) atoms. The minimum Gasteiger partial charge on any atom is -0.326 e. The van der Waals surface area contributed by atoms with E-state index in [0.717, 1.165) is 11.6 Å². The molecule has 2 rings (SSSR count). The Morgan fingerprint density at radius 1 is 1.37 bits per heavy atom. The largest absolute Gasteiger partial charge is 0.326 e. The molecule has 0 radical (unpaired) electrons. The molecule has 3 heteroatoms. The molecule has 2 N–H and O–H groups in total. The van der Waals surface area contributed by atoms with Crippen LogP contribution in [-0.2, 0) is 4.79 Å². The van der Waals surface area contributed by atoms with Crippen LogP contribution in [-0.4, -0.2) is 11.9 Å². The number of nitrogens with one attached hydrogen (secondary N) is 2. The zero-order chi connectivity index (χ0) is 13.8. The monoisotopic (exact) mass is 260 g/mol. The van der Waals surface area contributed by atoms with Crippen molar-refractivity contribution in [3.8, 4) is 0 Å². The summed E-state index contributed by atoms with van der Waals surface area (Å²) in [5.74, 6) is 0.917. The van der Waals surface area contributed by atoms with Gasteiger partial charge >= 0.3 is 0 Å². The van der Waals surface area contributed by atoms with Crippen LogP contribution in [0.4, 0.5) is 5.69 Å². The Hall–Kier alpha value is -1.35. The van der Waals surface area contributed by atoms with Crippen LogP contribution in [0.5, 0.6) is 0 Å². The van der Waals surface area contributed by atoms with Gasteiger partial charge in [0.15, 0.2) is 0 Å². The molecule has 104 valence electrons. The van der Waals surface area contributed by atoms with E-state index in [1.54, 1.807) is 0 Å². The van der Waals surface area contributed by atoms with Gasteiger partial charge in [0.2, 0.25) is 5.91 Å². The Bertz CT molecular complexity index is 440. The fourth-order valence-electron chi connectivity index (χ4n) is 2.53. The highest BCUT2D eigenvalue weighted by Gasteiger charge is 2.24. The zero-order valence-corrected chi connectivity index (χ0v) is 12.1. The van der Waals surface area contributed by atoms with Crippen LogP contribution in [0.15, 0.2) is 24.3 Å². The number of carbonyl (C=O) groups excluding carboxylic acids is 1. The lowest BCUT2D eigenvalue weighted by atomic mass is 10.1. The molecule has 2 atom stereocenters. The summed E-state index contributed by atoms with van der Waals surface area (Å²) in [6.07, 6.45) is 4.08. The first-order chi connectivity index (χ1) is 9.04. The summed E-state index contributed by atoms with van der Waals surface area (Å²) in [5, 5.41) is 6.46. The van der Waals surface area contributed by atoms with E-state index >= 15 is 0 Å². The highest BCUT2D eigenvalue weighted by Crippen LogP contribution is 2.33. The van der Waals surface area contributed by atoms with Crippen LogP contribution in [0.2, 0.25) is 0 Å². The molecule has 0 bridgehead atoms. The molecule has 0 aliphatic heterocycles. The lowest BCUT2D eigenvalue weighted by molar-refractivity contribution is -0.114. The second-order valence-corrected chi connectivity index (χ2v) is 5.78. The van der Waals surface area contributed by atoms with E-state index in [1.807, 2.05) is 18.2 Å². The normalized spacial score (nSPS) is 17.8. The topological polar surface area (TPSA) is 41.1 Å². The molecule has 1 fully saturated rings. The van der Waals surface area contributed by atoms with E-state index in [1.165, 1.54) is 31.7 Å². The second kappa shape index (κ2) is 6.20. The van der Waals surface area contributed by atoms with Crippen molar-refractivity contribution in [1.82, 2.24) is 5.32 Å². The number of hydrogen-bond donors (Lipinski definition) is 2. The molecule has 1 aromatic carbocycles. The maximum atomic E-state index is 11.1. The molecule has 0 heterocycles. The minimum atomic E-state index is -0.0279. The van der Waals surface area contributed by atoms with Crippen molar-refractivity contribution < 1.29 is 4.79 Å². The highest BCUT2D eigenvalue weighted by atomic mass is 16.1. The SMILES string of the molecule is CC(=O)Nc1cccc(C(C)NC(C)CC2CC2)c1. The molecular formula is C16H24N2O. The van der Waals surface area contributed by atoms with Crippen molar-refractivity contribution in [3.05, 3.63) is 29.8 Å². The summed E-state index contributed by atoms with van der Waals surface area (Å²) in [7, 11) is 0. The van der Waals surface area contributed by atoms with Gasteiger partial charge in [0, 0.05) is 24.7 Å². The summed E-state index contributed by atoms with van der Waals surface area (Å²) in [6.45, 7) is 5.97. The molecule has 3 nitrogen and oxygen atoms in total. The third-order valence-electron chi connectivity index (χ3n) is 3.63. The van der Waals surface area contributed by atoms with Crippen molar-refractivity contribution in [2.45, 2.75) is 52.1 Å². The van der Waals surface area contributed by atoms with Crippen LogP contribution in [0.25, 0.3) is 0 Å². The highest BCUT2D eigenvalue weighted by molar-refractivity contribution is 5.88. The molecule has 0 spiro atoms. The molecule has 1 aliphatic carbocycles. The van der Waals surface area contributed by atoms with Crippen LogP contribution < -0.4 is 10.6 Å². The average molecular weight is 260 g/mol. The predicted octanol–water partition coefficient (Wildman–Crippen LogP) is 3.48. The van der Waals surface area contributed by atoms with Crippen molar-refractivity contribution in [3.63, 3.8) is 0 Å².